The van der Waals surface area contributed by atoms with E-state index >= 15 is 0 Å². The summed E-state index contributed by atoms with van der Waals surface area (Å²) in [5.41, 5.74) is 2.03. The Morgan fingerprint density at radius 2 is 1.92 bits per heavy atom. The summed E-state index contributed by atoms with van der Waals surface area (Å²) in [6.07, 6.45) is 1.76. The summed E-state index contributed by atoms with van der Waals surface area (Å²) in [4.78, 5) is 12.0. The fraction of sp³-hybridized carbons (Fsp3) is 0.316. The maximum absolute atomic E-state index is 13.5. The van der Waals surface area contributed by atoms with E-state index in [1.54, 1.807) is 19.1 Å². The van der Waals surface area contributed by atoms with Gasteiger partial charge in [-0.2, -0.15) is 0 Å². The molecule has 1 aliphatic heterocycles. The van der Waals surface area contributed by atoms with Crippen molar-refractivity contribution in [2.24, 2.45) is 0 Å². The van der Waals surface area contributed by atoms with Gasteiger partial charge in [0, 0.05) is 18.5 Å². The van der Waals surface area contributed by atoms with E-state index in [0.717, 1.165) is 23.5 Å². The summed E-state index contributed by atoms with van der Waals surface area (Å²) in [7, 11) is 0. The van der Waals surface area contributed by atoms with Crippen LogP contribution in [0, 0.1) is 12.7 Å². The summed E-state index contributed by atoms with van der Waals surface area (Å²) in [6.45, 7) is 2.98. The van der Waals surface area contributed by atoms with Crippen molar-refractivity contribution in [3.05, 3.63) is 53.3 Å². The fourth-order valence-electron chi connectivity index (χ4n) is 2.52. The Labute approximate surface area is 140 Å². The number of benzene rings is 2. The van der Waals surface area contributed by atoms with E-state index in [1.807, 2.05) is 18.2 Å². The zero-order valence-corrected chi connectivity index (χ0v) is 13.6. The minimum absolute atomic E-state index is 0.148. The molecule has 0 spiro atoms. The van der Waals surface area contributed by atoms with E-state index in [9.17, 15) is 9.18 Å². The van der Waals surface area contributed by atoms with Crippen LogP contribution in [0.3, 0.4) is 0 Å². The number of hydrogen-bond donors (Lipinski definition) is 1. The third-order valence-electron chi connectivity index (χ3n) is 3.91. The lowest BCUT2D eigenvalue weighted by molar-refractivity contribution is -0.116. The fourth-order valence-corrected chi connectivity index (χ4v) is 2.52. The molecule has 0 fully saturated rings. The number of carbonyl (C=O) groups is 1. The van der Waals surface area contributed by atoms with Gasteiger partial charge in [-0.25, -0.2) is 4.39 Å². The minimum atomic E-state index is -0.323. The molecule has 5 heteroatoms. The van der Waals surface area contributed by atoms with Gasteiger partial charge >= 0.3 is 0 Å². The zero-order valence-electron chi connectivity index (χ0n) is 13.6. The van der Waals surface area contributed by atoms with Gasteiger partial charge in [-0.1, -0.05) is 12.1 Å². The van der Waals surface area contributed by atoms with Crippen molar-refractivity contribution in [2.45, 2.75) is 26.2 Å². The number of fused-ring (bicyclic) bond motifs is 1. The molecule has 3 rings (SSSR count). The van der Waals surface area contributed by atoms with Gasteiger partial charge in [0.1, 0.15) is 5.82 Å². The highest BCUT2D eigenvalue weighted by Gasteiger charge is 2.11. The molecule has 4 nitrogen and oxygen atoms in total. The van der Waals surface area contributed by atoms with E-state index in [0.29, 0.717) is 37.3 Å². The van der Waals surface area contributed by atoms with Gasteiger partial charge in [0.2, 0.25) is 5.91 Å². The van der Waals surface area contributed by atoms with Crippen LogP contribution in [0.1, 0.15) is 24.0 Å². The second-order valence-electron chi connectivity index (χ2n) is 5.84. The molecule has 0 saturated heterocycles. The SMILES string of the molecule is Cc1ccc(NC(=O)CCc2ccc3c(c2)OCCCO3)cc1F. The largest absolute Gasteiger partial charge is 0.490 e. The molecule has 1 amide bonds. The van der Waals surface area contributed by atoms with Gasteiger partial charge in [-0.15, -0.1) is 0 Å². The van der Waals surface area contributed by atoms with Crippen LogP contribution >= 0.6 is 0 Å². The van der Waals surface area contributed by atoms with Gasteiger partial charge in [-0.3, -0.25) is 4.79 Å². The second kappa shape index (κ2) is 7.34. The number of carbonyl (C=O) groups excluding carboxylic acids is 1. The Morgan fingerprint density at radius 3 is 2.71 bits per heavy atom. The standard InChI is InChI=1S/C19H20FNO3/c1-13-3-6-15(12-16(13)20)21-19(22)8-5-14-4-7-17-18(11-14)24-10-2-9-23-17/h3-4,6-7,11-12H,2,5,8-10H2,1H3,(H,21,22). The van der Waals surface area contributed by atoms with Crippen molar-refractivity contribution in [1.82, 2.24) is 0 Å². The van der Waals surface area contributed by atoms with Crippen LogP contribution in [-0.2, 0) is 11.2 Å². The normalized spacial score (nSPS) is 13.2. The molecule has 1 heterocycles. The predicted molar refractivity (Wildman–Crippen MR) is 90.1 cm³/mol. The smallest absolute Gasteiger partial charge is 0.224 e. The van der Waals surface area contributed by atoms with Crippen LogP contribution in [0.5, 0.6) is 11.5 Å². The number of rotatable bonds is 4. The molecule has 1 N–H and O–H groups in total. The van der Waals surface area contributed by atoms with Crippen molar-refractivity contribution in [3.8, 4) is 11.5 Å². The van der Waals surface area contributed by atoms with Crippen LogP contribution in [0.4, 0.5) is 10.1 Å². The van der Waals surface area contributed by atoms with Gasteiger partial charge in [0.15, 0.2) is 11.5 Å². The van der Waals surface area contributed by atoms with Crippen LogP contribution in [0.2, 0.25) is 0 Å². The number of aryl methyl sites for hydroxylation is 2. The molecule has 2 aromatic rings. The molecule has 0 saturated carbocycles. The Morgan fingerprint density at radius 1 is 1.12 bits per heavy atom. The topological polar surface area (TPSA) is 47.6 Å². The highest BCUT2D eigenvalue weighted by atomic mass is 19.1. The molecular weight excluding hydrogens is 309 g/mol. The molecule has 1 aliphatic rings. The first kappa shape index (κ1) is 16.3. The summed E-state index contributed by atoms with van der Waals surface area (Å²) in [5, 5.41) is 2.72. The lowest BCUT2D eigenvalue weighted by Gasteiger charge is -2.10. The number of halogens is 1. The number of amides is 1. The van der Waals surface area contributed by atoms with Crippen molar-refractivity contribution < 1.29 is 18.7 Å². The molecule has 0 unspecified atom stereocenters. The third-order valence-corrected chi connectivity index (χ3v) is 3.91. The maximum Gasteiger partial charge on any atom is 0.224 e. The highest BCUT2D eigenvalue weighted by Crippen LogP contribution is 2.30. The van der Waals surface area contributed by atoms with Crippen molar-refractivity contribution in [2.75, 3.05) is 18.5 Å². The number of hydrogen-bond acceptors (Lipinski definition) is 3. The molecular formula is C19H20FNO3. The Bertz CT molecular complexity index is 745. The number of ether oxygens (including phenoxy) is 2. The van der Waals surface area contributed by atoms with Crippen molar-refractivity contribution in [1.29, 1.82) is 0 Å². The van der Waals surface area contributed by atoms with Gasteiger partial charge in [0.25, 0.3) is 0 Å². The lowest BCUT2D eigenvalue weighted by Crippen LogP contribution is -2.12. The summed E-state index contributed by atoms with van der Waals surface area (Å²) >= 11 is 0. The van der Waals surface area contributed by atoms with Crippen molar-refractivity contribution in [3.63, 3.8) is 0 Å². The Hall–Kier alpha value is -2.56. The molecule has 0 bridgehead atoms. The summed E-state index contributed by atoms with van der Waals surface area (Å²) in [5.74, 6) is 1.00. The van der Waals surface area contributed by atoms with Gasteiger partial charge in [-0.05, 0) is 48.7 Å². The van der Waals surface area contributed by atoms with Crippen LogP contribution < -0.4 is 14.8 Å². The first-order valence-electron chi connectivity index (χ1n) is 8.06. The monoisotopic (exact) mass is 329 g/mol. The maximum atomic E-state index is 13.5. The molecule has 0 atom stereocenters. The van der Waals surface area contributed by atoms with E-state index in [1.165, 1.54) is 6.07 Å². The molecule has 126 valence electrons. The van der Waals surface area contributed by atoms with Crippen LogP contribution in [-0.4, -0.2) is 19.1 Å². The molecule has 0 aromatic heterocycles. The number of anilines is 1. The number of nitrogens with one attached hydrogen (secondary N) is 1. The Balaban J connectivity index is 1.58. The van der Waals surface area contributed by atoms with E-state index in [4.69, 9.17) is 9.47 Å². The minimum Gasteiger partial charge on any atom is -0.490 e. The van der Waals surface area contributed by atoms with Gasteiger partial charge in [0.05, 0.1) is 13.2 Å². The van der Waals surface area contributed by atoms with Crippen LogP contribution in [0.25, 0.3) is 0 Å². The van der Waals surface area contributed by atoms with E-state index < -0.39 is 0 Å². The highest BCUT2D eigenvalue weighted by molar-refractivity contribution is 5.90. The zero-order chi connectivity index (χ0) is 16.9. The molecule has 24 heavy (non-hydrogen) atoms. The molecule has 0 aliphatic carbocycles. The molecule has 2 aromatic carbocycles. The van der Waals surface area contributed by atoms with Crippen molar-refractivity contribution >= 4 is 11.6 Å². The quantitative estimate of drug-likeness (QED) is 0.926. The third kappa shape index (κ3) is 4.04. The second-order valence-corrected chi connectivity index (χ2v) is 5.84. The average Bonchev–Trinajstić information content (AvgIpc) is 2.81. The first-order valence-corrected chi connectivity index (χ1v) is 8.06. The van der Waals surface area contributed by atoms with E-state index in [2.05, 4.69) is 5.32 Å². The van der Waals surface area contributed by atoms with Crippen LogP contribution in [0.15, 0.2) is 36.4 Å². The van der Waals surface area contributed by atoms with E-state index in [-0.39, 0.29) is 11.7 Å². The first-order chi connectivity index (χ1) is 11.6. The summed E-state index contributed by atoms with van der Waals surface area (Å²) < 4.78 is 24.7. The Kier molecular flexibility index (Phi) is 4.99. The average molecular weight is 329 g/mol. The summed E-state index contributed by atoms with van der Waals surface area (Å²) in [6, 6.07) is 10.4. The molecule has 0 radical (unpaired) electrons. The predicted octanol–water partition coefficient (Wildman–Crippen LogP) is 3.87. The van der Waals surface area contributed by atoms with Gasteiger partial charge < -0.3 is 14.8 Å². The lowest BCUT2D eigenvalue weighted by atomic mass is 10.1.